The predicted molar refractivity (Wildman–Crippen MR) is 83.3 cm³/mol. The summed E-state index contributed by atoms with van der Waals surface area (Å²) in [6.45, 7) is 9.65. The summed E-state index contributed by atoms with van der Waals surface area (Å²) in [5.74, 6) is 4.18. The van der Waals surface area contributed by atoms with E-state index in [0.717, 1.165) is 11.3 Å². The van der Waals surface area contributed by atoms with E-state index in [9.17, 15) is 4.79 Å². The third kappa shape index (κ3) is 4.14. The quantitative estimate of drug-likeness (QED) is 0.618. The summed E-state index contributed by atoms with van der Waals surface area (Å²) < 4.78 is 5.80. The average Bonchev–Trinajstić information content (AvgIpc) is 2.30. The van der Waals surface area contributed by atoms with Crippen molar-refractivity contribution >= 4 is 14.0 Å². The standard InChI is InChI=1S/C16H21NO2Si/c1-13(18)17-11-16(12-17)19-15-7-5-14(6-8-15)9-10-20(2,3)4/h5-8,16H,11-12H2,1-4H3. The number of hydrogen-bond donors (Lipinski definition) is 0. The number of hydrogen-bond acceptors (Lipinski definition) is 2. The van der Waals surface area contributed by atoms with Crippen LogP contribution in [-0.4, -0.2) is 38.1 Å². The molecule has 1 aromatic carbocycles. The average molecular weight is 287 g/mol. The van der Waals surface area contributed by atoms with Crippen molar-refractivity contribution in [1.82, 2.24) is 4.90 Å². The molecule has 0 atom stereocenters. The largest absolute Gasteiger partial charge is 0.487 e. The number of carbonyl (C=O) groups excluding carboxylic acids is 1. The summed E-state index contributed by atoms with van der Waals surface area (Å²) in [4.78, 5) is 12.9. The van der Waals surface area contributed by atoms with Crippen LogP contribution >= 0.6 is 0 Å². The summed E-state index contributed by atoms with van der Waals surface area (Å²) in [6, 6.07) is 7.88. The van der Waals surface area contributed by atoms with Crippen molar-refractivity contribution in [3.8, 4) is 17.2 Å². The van der Waals surface area contributed by atoms with Crippen LogP contribution in [0.15, 0.2) is 24.3 Å². The molecule has 20 heavy (non-hydrogen) atoms. The van der Waals surface area contributed by atoms with Crippen LogP contribution in [0.2, 0.25) is 19.6 Å². The van der Waals surface area contributed by atoms with Gasteiger partial charge in [0.05, 0.1) is 13.1 Å². The zero-order chi connectivity index (χ0) is 14.8. The number of nitrogens with zero attached hydrogens (tertiary/aromatic N) is 1. The summed E-state index contributed by atoms with van der Waals surface area (Å²) in [6.07, 6.45) is 0.123. The summed E-state index contributed by atoms with van der Waals surface area (Å²) in [5, 5.41) is 0. The van der Waals surface area contributed by atoms with Crippen molar-refractivity contribution in [1.29, 1.82) is 0 Å². The van der Waals surface area contributed by atoms with E-state index in [1.807, 2.05) is 24.3 Å². The minimum Gasteiger partial charge on any atom is -0.487 e. The molecule has 0 aromatic heterocycles. The van der Waals surface area contributed by atoms with E-state index in [2.05, 4.69) is 31.1 Å². The molecule has 1 aliphatic heterocycles. The minimum atomic E-state index is -1.32. The van der Waals surface area contributed by atoms with Gasteiger partial charge >= 0.3 is 0 Å². The first-order valence-corrected chi connectivity index (χ1v) is 10.4. The van der Waals surface area contributed by atoms with Crippen molar-refractivity contribution < 1.29 is 9.53 Å². The van der Waals surface area contributed by atoms with E-state index in [1.165, 1.54) is 0 Å². The topological polar surface area (TPSA) is 29.5 Å². The molecule has 4 heteroatoms. The highest BCUT2D eigenvalue weighted by Gasteiger charge is 2.29. The molecule has 1 heterocycles. The Balaban J connectivity index is 1.89. The molecule has 0 unspecified atom stereocenters. The fourth-order valence-electron chi connectivity index (χ4n) is 1.84. The van der Waals surface area contributed by atoms with E-state index in [0.29, 0.717) is 13.1 Å². The lowest BCUT2D eigenvalue weighted by Gasteiger charge is -2.38. The number of benzene rings is 1. The fourth-order valence-corrected chi connectivity index (χ4v) is 2.36. The number of likely N-dealkylation sites (tertiary alicyclic amines) is 1. The lowest BCUT2D eigenvalue weighted by Crippen LogP contribution is -2.55. The van der Waals surface area contributed by atoms with Gasteiger partial charge in [0.25, 0.3) is 0 Å². The first-order valence-electron chi connectivity index (χ1n) is 6.89. The van der Waals surface area contributed by atoms with E-state index >= 15 is 0 Å². The molecule has 1 aromatic rings. The summed E-state index contributed by atoms with van der Waals surface area (Å²) >= 11 is 0. The molecule has 0 spiro atoms. The van der Waals surface area contributed by atoms with E-state index in [4.69, 9.17) is 4.74 Å². The first-order chi connectivity index (χ1) is 9.33. The van der Waals surface area contributed by atoms with Crippen LogP contribution in [-0.2, 0) is 4.79 Å². The molecule has 1 aliphatic rings. The molecule has 3 nitrogen and oxygen atoms in total. The maximum Gasteiger partial charge on any atom is 0.219 e. The van der Waals surface area contributed by atoms with Crippen molar-refractivity contribution in [3.05, 3.63) is 29.8 Å². The Labute approximate surface area is 121 Å². The number of amides is 1. The van der Waals surface area contributed by atoms with Gasteiger partial charge in [0.1, 0.15) is 19.9 Å². The van der Waals surface area contributed by atoms with Gasteiger partial charge in [-0.1, -0.05) is 25.6 Å². The van der Waals surface area contributed by atoms with E-state index < -0.39 is 8.07 Å². The number of carbonyl (C=O) groups is 1. The Morgan fingerprint density at radius 3 is 2.35 bits per heavy atom. The molecule has 0 aliphatic carbocycles. The van der Waals surface area contributed by atoms with Gasteiger partial charge in [0, 0.05) is 12.5 Å². The van der Waals surface area contributed by atoms with Gasteiger partial charge < -0.3 is 9.64 Å². The normalized spacial score (nSPS) is 15.1. The van der Waals surface area contributed by atoms with Crippen molar-refractivity contribution in [2.24, 2.45) is 0 Å². The van der Waals surface area contributed by atoms with Crippen LogP contribution in [0.4, 0.5) is 0 Å². The van der Waals surface area contributed by atoms with Gasteiger partial charge in [-0.2, -0.15) is 0 Å². The maximum absolute atomic E-state index is 11.1. The second-order valence-electron chi connectivity index (χ2n) is 6.19. The molecule has 1 saturated heterocycles. The molecule has 0 N–H and O–H groups in total. The number of rotatable bonds is 2. The third-order valence-corrected chi connectivity index (χ3v) is 3.91. The number of ether oxygens (including phenoxy) is 1. The van der Waals surface area contributed by atoms with Crippen LogP contribution in [0, 0.1) is 11.5 Å². The van der Waals surface area contributed by atoms with Crippen LogP contribution in [0.1, 0.15) is 12.5 Å². The molecular formula is C16H21NO2Si. The molecule has 106 valence electrons. The molecular weight excluding hydrogens is 266 g/mol. The van der Waals surface area contributed by atoms with Gasteiger partial charge in [-0.25, -0.2) is 0 Å². The molecule has 0 saturated carbocycles. The van der Waals surface area contributed by atoms with Gasteiger partial charge in [0.2, 0.25) is 5.91 Å². The lowest BCUT2D eigenvalue weighted by atomic mass is 10.1. The highest BCUT2D eigenvalue weighted by molar-refractivity contribution is 6.83. The Morgan fingerprint density at radius 1 is 1.25 bits per heavy atom. The highest BCUT2D eigenvalue weighted by atomic mass is 28.3. The van der Waals surface area contributed by atoms with Crippen LogP contribution < -0.4 is 4.74 Å². The third-order valence-electron chi connectivity index (χ3n) is 3.03. The van der Waals surface area contributed by atoms with Gasteiger partial charge in [-0.05, 0) is 24.3 Å². The predicted octanol–water partition coefficient (Wildman–Crippen LogP) is 2.53. The van der Waals surface area contributed by atoms with Crippen LogP contribution in [0.3, 0.4) is 0 Å². The summed E-state index contributed by atoms with van der Waals surface area (Å²) in [7, 11) is -1.32. The Bertz CT molecular complexity index is 543. The molecule has 2 rings (SSSR count). The Morgan fingerprint density at radius 2 is 1.85 bits per heavy atom. The van der Waals surface area contributed by atoms with Crippen LogP contribution in [0.5, 0.6) is 5.75 Å². The second-order valence-corrected chi connectivity index (χ2v) is 10.9. The minimum absolute atomic E-state index is 0.113. The molecule has 0 radical (unpaired) electrons. The molecule has 0 bridgehead atoms. The zero-order valence-corrected chi connectivity index (χ0v) is 13.6. The van der Waals surface area contributed by atoms with Gasteiger partial charge in [-0.15, -0.1) is 5.54 Å². The Hall–Kier alpha value is -1.73. The van der Waals surface area contributed by atoms with E-state index in [-0.39, 0.29) is 12.0 Å². The summed E-state index contributed by atoms with van der Waals surface area (Å²) in [5.41, 5.74) is 4.37. The van der Waals surface area contributed by atoms with E-state index in [1.54, 1.807) is 11.8 Å². The van der Waals surface area contributed by atoms with Gasteiger partial charge in [0.15, 0.2) is 0 Å². The monoisotopic (exact) mass is 287 g/mol. The SMILES string of the molecule is CC(=O)N1CC(Oc2ccc(C#C[Si](C)(C)C)cc2)C1. The second kappa shape index (κ2) is 5.72. The van der Waals surface area contributed by atoms with Crippen LogP contribution in [0.25, 0.3) is 0 Å². The molecule has 1 fully saturated rings. The Kier molecular flexibility index (Phi) is 4.19. The van der Waals surface area contributed by atoms with Crippen molar-refractivity contribution in [3.63, 3.8) is 0 Å². The van der Waals surface area contributed by atoms with Gasteiger partial charge in [-0.3, -0.25) is 4.79 Å². The first kappa shape index (κ1) is 14.7. The fraction of sp³-hybridized carbons (Fsp3) is 0.438. The molecule has 1 amide bonds. The van der Waals surface area contributed by atoms with Crippen molar-refractivity contribution in [2.75, 3.05) is 13.1 Å². The highest BCUT2D eigenvalue weighted by Crippen LogP contribution is 2.18. The smallest absolute Gasteiger partial charge is 0.219 e. The zero-order valence-electron chi connectivity index (χ0n) is 12.6. The lowest BCUT2D eigenvalue weighted by molar-refractivity contribution is -0.137. The van der Waals surface area contributed by atoms with Crippen molar-refractivity contribution in [2.45, 2.75) is 32.7 Å². The maximum atomic E-state index is 11.1.